The van der Waals surface area contributed by atoms with Crippen molar-refractivity contribution in [2.24, 2.45) is 0 Å². The van der Waals surface area contributed by atoms with Crippen LogP contribution in [0.1, 0.15) is 52.9 Å². The van der Waals surface area contributed by atoms with Gasteiger partial charge in [-0.3, -0.25) is 0 Å². The molecule has 6 heteroatoms. The SMILES string of the molecule is CCCCOCCCNS(=O)(=O)CCCCNC(C)C. The van der Waals surface area contributed by atoms with Crippen LogP contribution in [0.4, 0.5) is 0 Å². The fraction of sp³-hybridized carbons (Fsp3) is 1.00. The van der Waals surface area contributed by atoms with Crippen LogP contribution in [0.3, 0.4) is 0 Å². The molecule has 0 fully saturated rings. The largest absolute Gasteiger partial charge is 0.381 e. The van der Waals surface area contributed by atoms with E-state index in [4.69, 9.17) is 4.74 Å². The number of ether oxygens (including phenoxy) is 1. The molecule has 0 aliphatic heterocycles. The molecule has 0 atom stereocenters. The highest BCUT2D eigenvalue weighted by atomic mass is 32.2. The molecule has 122 valence electrons. The highest BCUT2D eigenvalue weighted by Gasteiger charge is 2.08. The van der Waals surface area contributed by atoms with Crippen molar-refractivity contribution in [1.82, 2.24) is 10.0 Å². The van der Waals surface area contributed by atoms with Crippen molar-refractivity contribution in [3.8, 4) is 0 Å². The van der Waals surface area contributed by atoms with Gasteiger partial charge in [0.15, 0.2) is 0 Å². The summed E-state index contributed by atoms with van der Waals surface area (Å²) in [6, 6.07) is 0.456. The Labute approximate surface area is 124 Å². The molecule has 0 unspecified atom stereocenters. The lowest BCUT2D eigenvalue weighted by atomic mass is 10.3. The molecule has 0 saturated heterocycles. The average molecular weight is 308 g/mol. The molecule has 0 spiro atoms. The van der Waals surface area contributed by atoms with Gasteiger partial charge in [-0.1, -0.05) is 27.2 Å². The molecular weight excluding hydrogens is 276 g/mol. The van der Waals surface area contributed by atoms with E-state index in [9.17, 15) is 8.42 Å². The van der Waals surface area contributed by atoms with Crippen LogP contribution in [-0.2, 0) is 14.8 Å². The minimum absolute atomic E-state index is 0.212. The van der Waals surface area contributed by atoms with E-state index in [1.807, 2.05) is 0 Å². The van der Waals surface area contributed by atoms with Crippen LogP contribution in [0, 0.1) is 0 Å². The van der Waals surface area contributed by atoms with Crippen molar-refractivity contribution in [1.29, 1.82) is 0 Å². The predicted octanol–water partition coefficient (Wildman–Crippen LogP) is 1.89. The Balaban J connectivity index is 3.45. The first-order chi connectivity index (χ1) is 9.48. The summed E-state index contributed by atoms with van der Waals surface area (Å²) in [7, 11) is -3.11. The van der Waals surface area contributed by atoms with Gasteiger partial charge in [0.1, 0.15) is 0 Å². The Kier molecular flexibility index (Phi) is 12.5. The summed E-state index contributed by atoms with van der Waals surface area (Å²) >= 11 is 0. The van der Waals surface area contributed by atoms with Crippen molar-refractivity contribution in [3.05, 3.63) is 0 Å². The third-order valence-electron chi connectivity index (χ3n) is 2.82. The number of rotatable bonds is 14. The monoisotopic (exact) mass is 308 g/mol. The first-order valence-electron chi connectivity index (χ1n) is 7.76. The third-order valence-corrected chi connectivity index (χ3v) is 4.29. The third kappa shape index (κ3) is 14.2. The van der Waals surface area contributed by atoms with Gasteiger partial charge in [-0.15, -0.1) is 0 Å². The summed E-state index contributed by atoms with van der Waals surface area (Å²) in [5, 5.41) is 3.28. The van der Waals surface area contributed by atoms with Crippen LogP contribution in [0.15, 0.2) is 0 Å². The van der Waals surface area contributed by atoms with Gasteiger partial charge in [-0.05, 0) is 32.2 Å². The maximum atomic E-state index is 11.7. The number of sulfonamides is 1. The summed E-state index contributed by atoms with van der Waals surface area (Å²) in [5.41, 5.74) is 0. The molecule has 0 radical (unpaired) electrons. The highest BCUT2D eigenvalue weighted by molar-refractivity contribution is 7.89. The van der Waals surface area contributed by atoms with E-state index >= 15 is 0 Å². The van der Waals surface area contributed by atoms with Gasteiger partial charge in [-0.25, -0.2) is 13.1 Å². The number of nitrogens with one attached hydrogen (secondary N) is 2. The molecule has 0 heterocycles. The van der Waals surface area contributed by atoms with E-state index < -0.39 is 10.0 Å². The Morgan fingerprint density at radius 1 is 1.00 bits per heavy atom. The molecule has 0 saturated carbocycles. The van der Waals surface area contributed by atoms with Crippen molar-refractivity contribution >= 4 is 10.0 Å². The van der Waals surface area contributed by atoms with Gasteiger partial charge in [0.05, 0.1) is 5.75 Å². The average Bonchev–Trinajstić information content (AvgIpc) is 2.36. The molecule has 20 heavy (non-hydrogen) atoms. The number of hydrogen-bond acceptors (Lipinski definition) is 4. The standard InChI is InChI=1S/C14H32N2O3S/c1-4-5-11-19-12-8-10-16-20(17,18)13-7-6-9-15-14(2)3/h14-16H,4-13H2,1-3H3. The molecule has 0 rings (SSSR count). The van der Waals surface area contributed by atoms with Crippen molar-refractivity contribution in [3.63, 3.8) is 0 Å². The zero-order valence-corrected chi connectivity index (χ0v) is 14.1. The summed E-state index contributed by atoms with van der Waals surface area (Å²) < 4.78 is 31.4. The van der Waals surface area contributed by atoms with E-state index in [-0.39, 0.29) is 5.75 Å². The van der Waals surface area contributed by atoms with Crippen LogP contribution in [0.25, 0.3) is 0 Å². The molecule has 0 aromatic carbocycles. The quantitative estimate of drug-likeness (QED) is 0.481. The van der Waals surface area contributed by atoms with E-state index in [1.54, 1.807) is 0 Å². The van der Waals surface area contributed by atoms with E-state index in [0.717, 1.165) is 38.8 Å². The minimum Gasteiger partial charge on any atom is -0.381 e. The second-order valence-electron chi connectivity index (χ2n) is 5.35. The van der Waals surface area contributed by atoms with Crippen LogP contribution in [-0.4, -0.2) is 46.5 Å². The number of hydrogen-bond donors (Lipinski definition) is 2. The van der Waals surface area contributed by atoms with E-state index in [1.165, 1.54) is 0 Å². The summed E-state index contributed by atoms with van der Waals surface area (Å²) in [5.74, 6) is 0.212. The first kappa shape index (κ1) is 19.8. The maximum absolute atomic E-state index is 11.7. The van der Waals surface area contributed by atoms with Crippen molar-refractivity contribution in [2.75, 3.05) is 32.1 Å². The molecular formula is C14H32N2O3S. The Morgan fingerprint density at radius 3 is 2.35 bits per heavy atom. The van der Waals surface area contributed by atoms with Gasteiger partial charge >= 0.3 is 0 Å². The van der Waals surface area contributed by atoms with Crippen molar-refractivity contribution in [2.45, 2.75) is 58.9 Å². The second-order valence-corrected chi connectivity index (χ2v) is 7.28. The Bertz CT molecular complexity index is 306. The predicted molar refractivity (Wildman–Crippen MR) is 84.5 cm³/mol. The summed E-state index contributed by atoms with van der Waals surface area (Å²) in [6.45, 7) is 9.03. The second kappa shape index (κ2) is 12.6. The molecule has 5 nitrogen and oxygen atoms in total. The smallest absolute Gasteiger partial charge is 0.211 e. The van der Waals surface area contributed by atoms with Gasteiger partial charge in [0, 0.05) is 25.8 Å². The van der Waals surface area contributed by atoms with Gasteiger partial charge in [0.2, 0.25) is 10.0 Å². The zero-order valence-electron chi connectivity index (χ0n) is 13.3. The summed E-state index contributed by atoms with van der Waals surface area (Å²) in [4.78, 5) is 0. The Hall–Kier alpha value is -0.170. The van der Waals surface area contributed by atoms with Crippen LogP contribution >= 0.6 is 0 Å². The normalized spacial score (nSPS) is 12.2. The van der Waals surface area contributed by atoms with Gasteiger partial charge in [0.25, 0.3) is 0 Å². The molecule has 0 aliphatic rings. The number of unbranched alkanes of at least 4 members (excludes halogenated alkanes) is 2. The van der Waals surface area contributed by atoms with Crippen LogP contribution in [0.5, 0.6) is 0 Å². The van der Waals surface area contributed by atoms with E-state index in [0.29, 0.717) is 25.6 Å². The molecule has 0 aliphatic carbocycles. The molecule has 0 amide bonds. The summed E-state index contributed by atoms with van der Waals surface area (Å²) in [6.07, 6.45) is 4.51. The molecule has 0 aromatic heterocycles. The lowest BCUT2D eigenvalue weighted by Gasteiger charge is -2.09. The molecule has 0 bridgehead atoms. The molecule has 0 aromatic rings. The van der Waals surface area contributed by atoms with Crippen LogP contribution < -0.4 is 10.0 Å². The fourth-order valence-corrected chi connectivity index (χ4v) is 2.81. The van der Waals surface area contributed by atoms with Crippen molar-refractivity contribution < 1.29 is 13.2 Å². The lowest BCUT2D eigenvalue weighted by molar-refractivity contribution is 0.130. The molecule has 2 N–H and O–H groups in total. The lowest BCUT2D eigenvalue weighted by Crippen LogP contribution is -2.29. The van der Waals surface area contributed by atoms with Gasteiger partial charge in [-0.2, -0.15) is 0 Å². The van der Waals surface area contributed by atoms with Gasteiger partial charge < -0.3 is 10.1 Å². The highest BCUT2D eigenvalue weighted by Crippen LogP contribution is 1.95. The first-order valence-corrected chi connectivity index (χ1v) is 9.41. The maximum Gasteiger partial charge on any atom is 0.211 e. The zero-order chi connectivity index (χ0) is 15.3. The topological polar surface area (TPSA) is 67.4 Å². The fourth-order valence-electron chi connectivity index (χ4n) is 1.63. The van der Waals surface area contributed by atoms with E-state index in [2.05, 4.69) is 30.8 Å². The Morgan fingerprint density at radius 2 is 1.70 bits per heavy atom. The minimum atomic E-state index is -3.11. The van der Waals surface area contributed by atoms with Crippen LogP contribution in [0.2, 0.25) is 0 Å².